The Labute approximate surface area is 158 Å². The molecule has 0 aliphatic rings. The Morgan fingerprint density at radius 3 is 2.25 bits per heavy atom. The van der Waals surface area contributed by atoms with E-state index >= 15 is 0 Å². The highest BCUT2D eigenvalue weighted by atomic mass is 32.2. The van der Waals surface area contributed by atoms with E-state index in [1.807, 2.05) is 0 Å². The topological polar surface area (TPSA) is 95.2 Å². The van der Waals surface area contributed by atoms with Crippen LogP contribution in [-0.2, 0) is 16.2 Å². The predicted molar refractivity (Wildman–Crippen MR) is 95.1 cm³/mol. The van der Waals surface area contributed by atoms with Gasteiger partial charge >= 0.3 is 6.18 Å². The molecule has 1 heterocycles. The van der Waals surface area contributed by atoms with Gasteiger partial charge in [0.1, 0.15) is 11.4 Å². The number of halogens is 3. The van der Waals surface area contributed by atoms with Crippen molar-refractivity contribution < 1.29 is 26.3 Å². The Hall–Kier alpha value is -2.98. The van der Waals surface area contributed by atoms with Gasteiger partial charge in [0, 0.05) is 18.0 Å². The zero-order chi connectivity index (χ0) is 20.5. The first-order valence-electron chi connectivity index (χ1n) is 7.85. The molecule has 2 N–H and O–H groups in total. The van der Waals surface area contributed by atoms with Crippen molar-refractivity contribution in [1.82, 2.24) is 9.97 Å². The zero-order valence-electron chi connectivity index (χ0n) is 14.4. The fourth-order valence-corrected chi connectivity index (χ4v) is 3.28. The van der Waals surface area contributed by atoms with Crippen LogP contribution >= 0.6 is 0 Å². The van der Waals surface area contributed by atoms with Crippen LogP contribution < -0.4 is 9.88 Å². The lowest BCUT2D eigenvalue weighted by Crippen LogP contribution is -2.13. The Morgan fingerprint density at radius 2 is 1.64 bits per heavy atom. The van der Waals surface area contributed by atoms with Crippen LogP contribution in [0.1, 0.15) is 11.1 Å². The minimum atomic E-state index is -4.46. The Morgan fingerprint density at radius 1 is 1.00 bits per heavy atom. The molecule has 10 heteroatoms. The molecule has 3 aromatic rings. The monoisotopic (exact) mass is 409 g/mol. The van der Waals surface area contributed by atoms with E-state index in [1.165, 1.54) is 18.5 Å². The second-order valence-electron chi connectivity index (χ2n) is 5.86. The van der Waals surface area contributed by atoms with E-state index in [1.54, 1.807) is 19.1 Å². The second kappa shape index (κ2) is 7.21. The lowest BCUT2D eigenvalue weighted by molar-refractivity contribution is -0.137. The van der Waals surface area contributed by atoms with Crippen LogP contribution in [0, 0.1) is 6.92 Å². The van der Waals surface area contributed by atoms with Crippen molar-refractivity contribution in [3.63, 3.8) is 0 Å². The molecule has 0 radical (unpaired) electrons. The molecule has 0 atom stereocenters. The summed E-state index contributed by atoms with van der Waals surface area (Å²) in [4.78, 5) is 8.13. The third kappa shape index (κ3) is 4.29. The van der Waals surface area contributed by atoms with Gasteiger partial charge in [-0.1, -0.05) is 12.1 Å². The van der Waals surface area contributed by atoms with Crippen LogP contribution in [-0.4, -0.2) is 18.4 Å². The quantitative estimate of drug-likeness (QED) is 0.705. The molecular formula is C18H14F3N3O3S. The number of ether oxygens (including phenoxy) is 1. The first-order chi connectivity index (χ1) is 13.1. The number of hydrogen-bond donors (Lipinski definition) is 1. The summed E-state index contributed by atoms with van der Waals surface area (Å²) in [6.45, 7) is 1.60. The van der Waals surface area contributed by atoms with Gasteiger partial charge in [0.25, 0.3) is 0 Å². The van der Waals surface area contributed by atoms with Gasteiger partial charge in [0.15, 0.2) is 0 Å². The number of sulfonamides is 1. The minimum Gasteiger partial charge on any atom is -0.437 e. The van der Waals surface area contributed by atoms with E-state index in [2.05, 4.69) is 9.97 Å². The standard InChI is InChI=1S/C18H14F3N3O3S/c1-11-2-3-12(10-15(11)28(22,25)26)16-17(24-9-8-23-16)27-14-6-4-13(5-7-14)18(19,20)21/h2-10H,1H3,(H2,22,25,26). The number of nitrogens with zero attached hydrogens (tertiary/aromatic N) is 2. The summed E-state index contributed by atoms with van der Waals surface area (Å²) >= 11 is 0. The fraction of sp³-hybridized carbons (Fsp3) is 0.111. The lowest BCUT2D eigenvalue weighted by Gasteiger charge is -2.12. The van der Waals surface area contributed by atoms with E-state index in [9.17, 15) is 21.6 Å². The van der Waals surface area contributed by atoms with Gasteiger partial charge in [-0.2, -0.15) is 13.2 Å². The SMILES string of the molecule is Cc1ccc(-c2nccnc2Oc2ccc(C(F)(F)F)cc2)cc1S(N)(=O)=O. The third-order valence-corrected chi connectivity index (χ3v) is 4.88. The molecule has 2 aromatic carbocycles. The molecule has 0 saturated carbocycles. The highest BCUT2D eigenvalue weighted by molar-refractivity contribution is 7.89. The number of alkyl halides is 3. The molecule has 146 valence electrons. The predicted octanol–water partition coefficient (Wildman–Crippen LogP) is 3.91. The van der Waals surface area contributed by atoms with Gasteiger partial charge in [-0.25, -0.2) is 23.5 Å². The van der Waals surface area contributed by atoms with Crippen LogP contribution in [0.3, 0.4) is 0 Å². The molecular weight excluding hydrogens is 395 g/mol. The second-order valence-corrected chi connectivity index (χ2v) is 7.39. The molecule has 0 aliphatic carbocycles. The zero-order valence-corrected chi connectivity index (χ0v) is 15.3. The molecule has 0 bridgehead atoms. The summed E-state index contributed by atoms with van der Waals surface area (Å²) in [6.07, 6.45) is -1.73. The molecule has 0 unspecified atom stereocenters. The van der Waals surface area contributed by atoms with E-state index in [0.717, 1.165) is 24.3 Å². The van der Waals surface area contributed by atoms with Crippen molar-refractivity contribution in [1.29, 1.82) is 0 Å². The Kier molecular flexibility index (Phi) is 5.09. The summed E-state index contributed by atoms with van der Waals surface area (Å²) in [6, 6.07) is 8.61. The van der Waals surface area contributed by atoms with E-state index < -0.39 is 21.8 Å². The number of primary sulfonamides is 1. The third-order valence-electron chi connectivity index (χ3n) is 3.83. The maximum Gasteiger partial charge on any atom is 0.416 e. The molecule has 0 aliphatic heterocycles. The molecule has 0 amide bonds. The molecule has 0 saturated heterocycles. The number of aromatic nitrogens is 2. The number of nitrogens with two attached hydrogens (primary N) is 1. The minimum absolute atomic E-state index is 0.00600. The number of hydrogen-bond acceptors (Lipinski definition) is 5. The molecule has 6 nitrogen and oxygen atoms in total. The highest BCUT2D eigenvalue weighted by Crippen LogP contribution is 2.34. The van der Waals surface area contributed by atoms with Crippen molar-refractivity contribution in [3.05, 3.63) is 66.0 Å². The molecule has 0 spiro atoms. The summed E-state index contributed by atoms with van der Waals surface area (Å²) in [7, 11) is -3.95. The molecule has 28 heavy (non-hydrogen) atoms. The number of rotatable bonds is 4. The summed E-state index contributed by atoms with van der Waals surface area (Å²) in [5.41, 5.74) is 0.243. The van der Waals surface area contributed by atoms with Crippen molar-refractivity contribution >= 4 is 10.0 Å². The number of aryl methyl sites for hydroxylation is 1. The maximum absolute atomic E-state index is 12.7. The lowest BCUT2D eigenvalue weighted by atomic mass is 10.1. The van der Waals surface area contributed by atoms with Gasteiger partial charge in [0.05, 0.1) is 10.5 Å². The van der Waals surface area contributed by atoms with E-state index in [4.69, 9.17) is 9.88 Å². The average molecular weight is 409 g/mol. The summed E-state index contributed by atoms with van der Waals surface area (Å²) < 4.78 is 67.1. The first-order valence-corrected chi connectivity index (χ1v) is 9.40. The van der Waals surface area contributed by atoms with E-state index in [0.29, 0.717) is 11.1 Å². The van der Waals surface area contributed by atoms with Crippen LogP contribution in [0.2, 0.25) is 0 Å². The largest absolute Gasteiger partial charge is 0.437 e. The number of benzene rings is 2. The Bertz CT molecular complexity index is 1110. The van der Waals surface area contributed by atoms with E-state index in [-0.39, 0.29) is 22.2 Å². The van der Waals surface area contributed by atoms with Crippen LogP contribution in [0.25, 0.3) is 11.3 Å². The van der Waals surface area contributed by atoms with Crippen molar-refractivity contribution in [2.75, 3.05) is 0 Å². The first kappa shape index (κ1) is 19.8. The highest BCUT2D eigenvalue weighted by Gasteiger charge is 2.30. The van der Waals surface area contributed by atoms with Gasteiger partial charge in [-0.15, -0.1) is 0 Å². The van der Waals surface area contributed by atoms with Crippen molar-refractivity contribution in [2.24, 2.45) is 5.14 Å². The van der Waals surface area contributed by atoms with Crippen molar-refractivity contribution in [2.45, 2.75) is 18.0 Å². The van der Waals surface area contributed by atoms with Crippen molar-refractivity contribution in [3.8, 4) is 22.9 Å². The van der Waals surface area contributed by atoms with Crippen LogP contribution in [0.4, 0.5) is 13.2 Å². The molecule has 3 rings (SSSR count). The smallest absolute Gasteiger partial charge is 0.416 e. The van der Waals surface area contributed by atoms with Gasteiger partial charge < -0.3 is 4.74 Å². The Balaban J connectivity index is 1.99. The normalized spacial score (nSPS) is 12.0. The van der Waals surface area contributed by atoms with Crippen LogP contribution in [0.5, 0.6) is 11.6 Å². The average Bonchev–Trinajstić information content (AvgIpc) is 2.61. The molecule has 1 aromatic heterocycles. The fourth-order valence-electron chi connectivity index (χ4n) is 2.48. The molecule has 0 fully saturated rings. The maximum atomic E-state index is 12.7. The summed E-state index contributed by atoms with van der Waals surface area (Å²) in [5.74, 6) is 0.125. The van der Waals surface area contributed by atoms with Gasteiger partial charge in [-0.05, 0) is 42.8 Å². The van der Waals surface area contributed by atoms with Gasteiger partial charge in [-0.3, -0.25) is 0 Å². The summed E-state index contributed by atoms with van der Waals surface area (Å²) in [5, 5.41) is 5.23. The van der Waals surface area contributed by atoms with Gasteiger partial charge in [0.2, 0.25) is 15.9 Å². The van der Waals surface area contributed by atoms with Crippen LogP contribution in [0.15, 0.2) is 59.8 Å².